The molecule has 25 heavy (non-hydrogen) atoms. The number of nitrogens with one attached hydrogen (secondary N) is 1. The number of benzene rings is 1. The fraction of sp³-hybridized carbons (Fsp3) is 0.412. The van der Waals surface area contributed by atoms with Crippen molar-refractivity contribution in [1.82, 2.24) is 10.3 Å². The number of aromatic nitrogens is 1. The summed E-state index contributed by atoms with van der Waals surface area (Å²) in [6.07, 6.45) is -3.54. The largest absolute Gasteiger partial charge is 0.465 e. The molecular formula is C17H18F3N3O2. The number of fused-ring (bicyclic) bond motifs is 1. The van der Waals surface area contributed by atoms with Gasteiger partial charge in [-0.15, -0.1) is 0 Å². The molecule has 5 nitrogen and oxygen atoms in total. The third-order valence-corrected chi connectivity index (χ3v) is 4.38. The fourth-order valence-electron chi connectivity index (χ4n) is 3.49. The molecule has 1 saturated heterocycles. The Bertz CT molecular complexity index is 794. The van der Waals surface area contributed by atoms with Gasteiger partial charge in [0.15, 0.2) is 0 Å². The molecule has 134 valence electrons. The number of carbonyl (C=O) groups is 1. The number of hydrogen-bond acceptors (Lipinski definition) is 3. The van der Waals surface area contributed by atoms with Gasteiger partial charge in [0, 0.05) is 36.4 Å². The van der Waals surface area contributed by atoms with Crippen molar-refractivity contribution in [3.63, 3.8) is 0 Å². The summed E-state index contributed by atoms with van der Waals surface area (Å²) in [5.74, 6) is 0.208. The van der Waals surface area contributed by atoms with E-state index in [9.17, 15) is 18.0 Å². The van der Waals surface area contributed by atoms with Crippen LogP contribution >= 0.6 is 0 Å². The molecule has 0 saturated carbocycles. The second-order valence-electron chi connectivity index (χ2n) is 6.42. The predicted molar refractivity (Wildman–Crippen MR) is 87.7 cm³/mol. The number of nitrogens with zero attached hydrogens (tertiary/aromatic N) is 2. The molecule has 1 fully saturated rings. The number of pyridine rings is 1. The van der Waals surface area contributed by atoms with Gasteiger partial charge in [0.05, 0.1) is 11.1 Å². The zero-order valence-electron chi connectivity index (χ0n) is 13.5. The second kappa shape index (κ2) is 6.42. The minimum Gasteiger partial charge on any atom is -0.465 e. The van der Waals surface area contributed by atoms with Crippen LogP contribution in [0.25, 0.3) is 10.9 Å². The normalized spacial score (nSPS) is 21.4. The molecule has 3 rings (SSSR count). The number of amides is 1. The maximum absolute atomic E-state index is 13.2. The molecular weight excluding hydrogens is 335 g/mol. The number of anilines is 1. The van der Waals surface area contributed by atoms with Crippen LogP contribution in [-0.2, 0) is 6.18 Å². The maximum atomic E-state index is 13.2. The standard InChI is InChI=1S/C17H18F3N3O2/c1-10-7-11(22-16(24)25)9-23(8-10)14-5-4-13(17(18,19)20)15-12(14)3-2-6-21-15/h2-6,10-11,22H,7-9H2,1H3,(H,24,25). The summed E-state index contributed by atoms with van der Waals surface area (Å²) >= 11 is 0. The highest BCUT2D eigenvalue weighted by Gasteiger charge is 2.34. The van der Waals surface area contributed by atoms with Gasteiger partial charge < -0.3 is 15.3 Å². The molecule has 2 heterocycles. The summed E-state index contributed by atoms with van der Waals surface area (Å²) < 4.78 is 39.7. The van der Waals surface area contributed by atoms with Crippen LogP contribution in [0.1, 0.15) is 18.9 Å². The van der Waals surface area contributed by atoms with Gasteiger partial charge in [-0.25, -0.2) is 4.79 Å². The molecule has 8 heteroatoms. The van der Waals surface area contributed by atoms with Crippen LogP contribution in [0.5, 0.6) is 0 Å². The van der Waals surface area contributed by atoms with Crippen molar-refractivity contribution in [2.75, 3.05) is 18.0 Å². The smallest absolute Gasteiger partial charge is 0.418 e. The molecule has 2 unspecified atom stereocenters. The van der Waals surface area contributed by atoms with Crippen molar-refractivity contribution >= 4 is 22.7 Å². The van der Waals surface area contributed by atoms with Crippen LogP contribution < -0.4 is 10.2 Å². The Kier molecular flexibility index (Phi) is 4.45. The van der Waals surface area contributed by atoms with Crippen LogP contribution in [0.4, 0.5) is 23.7 Å². The van der Waals surface area contributed by atoms with Crippen molar-refractivity contribution in [1.29, 1.82) is 0 Å². The van der Waals surface area contributed by atoms with Crippen molar-refractivity contribution in [2.24, 2.45) is 5.92 Å². The zero-order valence-corrected chi connectivity index (χ0v) is 13.5. The van der Waals surface area contributed by atoms with E-state index < -0.39 is 17.8 Å². The lowest BCUT2D eigenvalue weighted by molar-refractivity contribution is -0.136. The van der Waals surface area contributed by atoms with Crippen LogP contribution in [0.15, 0.2) is 30.5 Å². The molecule has 2 aromatic rings. The highest BCUT2D eigenvalue weighted by molar-refractivity contribution is 5.94. The minimum atomic E-state index is -4.48. The molecule has 1 aromatic carbocycles. The monoisotopic (exact) mass is 353 g/mol. The first kappa shape index (κ1) is 17.3. The Hall–Kier alpha value is -2.51. The van der Waals surface area contributed by atoms with Crippen LogP contribution in [0.2, 0.25) is 0 Å². The Labute approximate surface area is 142 Å². The minimum absolute atomic E-state index is 0.0894. The Morgan fingerprint density at radius 3 is 2.76 bits per heavy atom. The maximum Gasteiger partial charge on any atom is 0.418 e. The van der Waals surface area contributed by atoms with E-state index in [4.69, 9.17) is 5.11 Å². The van der Waals surface area contributed by atoms with Gasteiger partial charge in [0.25, 0.3) is 0 Å². The summed E-state index contributed by atoms with van der Waals surface area (Å²) in [6, 6.07) is 5.44. The van der Waals surface area contributed by atoms with Crippen molar-refractivity contribution < 1.29 is 23.1 Å². The van der Waals surface area contributed by atoms with Gasteiger partial charge in [-0.1, -0.05) is 6.92 Å². The number of rotatable bonds is 2. The first-order valence-corrected chi connectivity index (χ1v) is 7.95. The van der Waals surface area contributed by atoms with E-state index in [1.165, 1.54) is 12.3 Å². The summed E-state index contributed by atoms with van der Waals surface area (Å²) in [5, 5.41) is 11.8. The molecule has 0 aliphatic carbocycles. The molecule has 2 atom stereocenters. The SMILES string of the molecule is CC1CC(NC(=O)O)CN(c2ccc(C(F)(F)F)c3ncccc23)C1. The summed E-state index contributed by atoms with van der Waals surface area (Å²) in [5.41, 5.74) is -0.217. The number of piperidine rings is 1. The zero-order chi connectivity index (χ0) is 18.2. The molecule has 0 radical (unpaired) electrons. The predicted octanol–water partition coefficient (Wildman–Crippen LogP) is 3.74. The number of carboxylic acid groups (broad SMARTS) is 1. The van der Waals surface area contributed by atoms with E-state index in [0.717, 1.165) is 6.07 Å². The van der Waals surface area contributed by atoms with E-state index in [0.29, 0.717) is 30.6 Å². The van der Waals surface area contributed by atoms with E-state index in [1.54, 1.807) is 12.1 Å². The average molecular weight is 353 g/mol. The topological polar surface area (TPSA) is 65.5 Å². The molecule has 1 amide bonds. The van der Waals surface area contributed by atoms with E-state index in [2.05, 4.69) is 10.3 Å². The highest BCUT2D eigenvalue weighted by atomic mass is 19.4. The molecule has 0 bridgehead atoms. The van der Waals surface area contributed by atoms with Crippen LogP contribution in [-0.4, -0.2) is 35.3 Å². The lowest BCUT2D eigenvalue weighted by atomic mass is 9.94. The quantitative estimate of drug-likeness (QED) is 0.863. The van der Waals surface area contributed by atoms with E-state index >= 15 is 0 Å². The van der Waals surface area contributed by atoms with Gasteiger partial charge in [-0.3, -0.25) is 4.98 Å². The third-order valence-electron chi connectivity index (χ3n) is 4.38. The lowest BCUT2D eigenvalue weighted by Crippen LogP contribution is -2.50. The summed E-state index contributed by atoms with van der Waals surface area (Å²) in [6.45, 7) is 3.05. The fourth-order valence-corrected chi connectivity index (χ4v) is 3.49. The van der Waals surface area contributed by atoms with Crippen LogP contribution in [0.3, 0.4) is 0 Å². The van der Waals surface area contributed by atoms with Gasteiger partial charge in [0.2, 0.25) is 0 Å². The van der Waals surface area contributed by atoms with Gasteiger partial charge in [-0.2, -0.15) is 13.2 Å². The summed E-state index contributed by atoms with van der Waals surface area (Å²) in [4.78, 5) is 16.8. The molecule has 0 spiro atoms. The van der Waals surface area contributed by atoms with Crippen molar-refractivity contribution in [2.45, 2.75) is 25.6 Å². The molecule has 1 aliphatic rings. The Morgan fingerprint density at radius 2 is 2.08 bits per heavy atom. The van der Waals surface area contributed by atoms with Crippen molar-refractivity contribution in [3.8, 4) is 0 Å². The highest BCUT2D eigenvalue weighted by Crippen LogP contribution is 2.38. The van der Waals surface area contributed by atoms with E-state index in [-0.39, 0.29) is 17.5 Å². The third kappa shape index (κ3) is 3.62. The Morgan fingerprint density at radius 1 is 1.32 bits per heavy atom. The van der Waals surface area contributed by atoms with Crippen molar-refractivity contribution in [3.05, 3.63) is 36.0 Å². The molecule has 2 N–H and O–H groups in total. The summed E-state index contributed by atoms with van der Waals surface area (Å²) in [7, 11) is 0. The van der Waals surface area contributed by atoms with Crippen LogP contribution in [0, 0.1) is 5.92 Å². The molecule has 1 aliphatic heterocycles. The average Bonchev–Trinajstić information content (AvgIpc) is 2.51. The Balaban J connectivity index is 2.02. The van der Waals surface area contributed by atoms with Gasteiger partial charge in [-0.05, 0) is 36.6 Å². The number of alkyl halides is 3. The van der Waals surface area contributed by atoms with E-state index in [1.807, 2.05) is 11.8 Å². The van der Waals surface area contributed by atoms with Gasteiger partial charge in [0.1, 0.15) is 0 Å². The number of halogens is 3. The lowest BCUT2D eigenvalue weighted by Gasteiger charge is -2.38. The number of hydrogen-bond donors (Lipinski definition) is 2. The second-order valence-corrected chi connectivity index (χ2v) is 6.42. The van der Waals surface area contributed by atoms with Gasteiger partial charge >= 0.3 is 12.3 Å². The first-order valence-electron chi connectivity index (χ1n) is 7.95. The molecule has 1 aromatic heterocycles. The first-order chi connectivity index (χ1) is 11.8.